The molecule has 4 aliphatic rings. The van der Waals surface area contributed by atoms with Crippen LogP contribution in [0.15, 0.2) is 23.3 Å². The van der Waals surface area contributed by atoms with Crippen molar-refractivity contribution in [2.24, 2.45) is 34.5 Å². The van der Waals surface area contributed by atoms with Crippen LogP contribution in [0.1, 0.15) is 79.1 Å². The first-order chi connectivity index (χ1) is 10.5. The maximum absolute atomic E-state index is 2.65. The molecule has 0 N–H and O–H groups in total. The van der Waals surface area contributed by atoms with Crippen molar-refractivity contribution in [1.29, 1.82) is 0 Å². The Bertz CT molecular complexity index is 524. The van der Waals surface area contributed by atoms with Crippen molar-refractivity contribution in [2.45, 2.75) is 79.1 Å². The van der Waals surface area contributed by atoms with Gasteiger partial charge < -0.3 is 0 Å². The topological polar surface area (TPSA) is 0 Å². The van der Waals surface area contributed by atoms with E-state index in [-0.39, 0.29) is 0 Å². The van der Waals surface area contributed by atoms with Crippen LogP contribution in [0.5, 0.6) is 0 Å². The molecule has 122 valence electrons. The van der Waals surface area contributed by atoms with E-state index in [1.54, 1.807) is 11.1 Å². The van der Waals surface area contributed by atoms with Crippen molar-refractivity contribution in [2.75, 3.05) is 0 Å². The van der Waals surface area contributed by atoms with E-state index < -0.39 is 0 Å². The fraction of sp³-hybridized carbons (Fsp3) is 0.818. The van der Waals surface area contributed by atoms with Crippen LogP contribution >= 0.6 is 0 Å². The van der Waals surface area contributed by atoms with E-state index in [4.69, 9.17) is 0 Å². The number of hydrogen-bond acceptors (Lipinski definition) is 0. The van der Waals surface area contributed by atoms with Crippen molar-refractivity contribution in [1.82, 2.24) is 0 Å². The molecule has 0 amide bonds. The van der Waals surface area contributed by atoms with Crippen molar-refractivity contribution < 1.29 is 0 Å². The lowest BCUT2D eigenvalue weighted by atomic mass is 9.48. The molecule has 0 heterocycles. The van der Waals surface area contributed by atoms with E-state index in [0.717, 1.165) is 23.7 Å². The largest absolute Gasteiger partial charge is 0.0805 e. The first kappa shape index (κ1) is 15.0. The van der Waals surface area contributed by atoms with Crippen LogP contribution < -0.4 is 0 Å². The molecule has 0 bridgehead atoms. The minimum absolute atomic E-state index is 0.494. The molecule has 0 spiro atoms. The van der Waals surface area contributed by atoms with Crippen LogP contribution in [-0.2, 0) is 0 Å². The summed E-state index contributed by atoms with van der Waals surface area (Å²) in [5, 5.41) is 0. The molecular weight excluding hydrogens is 264 g/mol. The average Bonchev–Trinajstić information content (AvgIpc) is 2.84. The summed E-state index contributed by atoms with van der Waals surface area (Å²) >= 11 is 0. The lowest BCUT2D eigenvalue weighted by Crippen LogP contribution is -2.49. The second-order valence-corrected chi connectivity index (χ2v) is 9.41. The minimum Gasteiger partial charge on any atom is -0.0805 e. The predicted molar refractivity (Wildman–Crippen MR) is 94.6 cm³/mol. The highest BCUT2D eigenvalue weighted by Crippen LogP contribution is 2.66. The predicted octanol–water partition coefficient (Wildman–Crippen LogP) is 6.53. The maximum Gasteiger partial charge on any atom is -0.00443 e. The number of allylic oxidation sites excluding steroid dienone is 4. The molecule has 2 fully saturated rings. The van der Waals surface area contributed by atoms with Gasteiger partial charge in [-0.3, -0.25) is 0 Å². The molecule has 0 aromatic rings. The van der Waals surface area contributed by atoms with E-state index in [1.807, 2.05) is 0 Å². The zero-order valence-electron chi connectivity index (χ0n) is 15.1. The molecule has 6 atom stereocenters. The van der Waals surface area contributed by atoms with Crippen molar-refractivity contribution >= 4 is 0 Å². The van der Waals surface area contributed by atoms with Gasteiger partial charge in [0.2, 0.25) is 0 Å². The maximum atomic E-state index is 2.65. The smallest absolute Gasteiger partial charge is 0.00443 e. The first-order valence-electron chi connectivity index (χ1n) is 9.87. The summed E-state index contributed by atoms with van der Waals surface area (Å²) in [5.74, 6) is 3.96. The van der Waals surface area contributed by atoms with Gasteiger partial charge in [0.25, 0.3) is 0 Å². The van der Waals surface area contributed by atoms with Crippen LogP contribution in [0, 0.1) is 34.5 Å². The van der Waals surface area contributed by atoms with Gasteiger partial charge in [-0.15, -0.1) is 0 Å². The van der Waals surface area contributed by atoms with Gasteiger partial charge in [-0.1, -0.05) is 44.9 Å². The zero-order chi connectivity index (χ0) is 15.5. The number of rotatable bonds is 1. The molecule has 0 radical (unpaired) electrons. The first-order valence-corrected chi connectivity index (χ1v) is 9.87. The molecule has 4 rings (SSSR count). The van der Waals surface area contributed by atoms with Gasteiger partial charge in [0.1, 0.15) is 0 Å². The van der Waals surface area contributed by atoms with E-state index in [2.05, 4.69) is 39.8 Å². The van der Waals surface area contributed by atoms with Crippen LogP contribution in [-0.4, -0.2) is 0 Å². The molecular formula is C22H34. The summed E-state index contributed by atoms with van der Waals surface area (Å²) in [4.78, 5) is 0. The SMILES string of the molecule is CC[C@H]1CC[C@H]2[C@@H]3CC=C4C=C(C)CC[C@]4(C)[C@H]3CC[C@]12C. The molecule has 0 aromatic carbocycles. The Labute approximate surface area is 137 Å². The standard InChI is InChI=1S/C22H34/c1-5-16-7-9-19-18-8-6-17-14-15(2)10-12-22(17,4)20(18)11-13-21(16,19)3/h6,14,16,18-20H,5,7-13H2,1-4H3/t16-,18-,19-,20-,21+,22-/m0/s1. The molecule has 0 heteroatoms. The lowest BCUT2D eigenvalue weighted by molar-refractivity contribution is -0.0362. The Morgan fingerprint density at radius 1 is 1.09 bits per heavy atom. The third-order valence-corrected chi connectivity index (χ3v) is 8.65. The summed E-state index contributed by atoms with van der Waals surface area (Å²) in [6.07, 6.45) is 16.7. The Hall–Kier alpha value is -0.520. The molecule has 0 nitrogen and oxygen atoms in total. The van der Waals surface area contributed by atoms with Crippen molar-refractivity contribution in [3.05, 3.63) is 23.3 Å². The normalized spacial score (nSPS) is 50.5. The minimum atomic E-state index is 0.494. The van der Waals surface area contributed by atoms with E-state index in [1.165, 1.54) is 51.4 Å². The third kappa shape index (κ3) is 1.88. The Morgan fingerprint density at radius 2 is 1.91 bits per heavy atom. The van der Waals surface area contributed by atoms with Crippen LogP contribution in [0.2, 0.25) is 0 Å². The molecule has 22 heavy (non-hydrogen) atoms. The highest BCUT2D eigenvalue weighted by atomic mass is 14.6. The summed E-state index contributed by atoms with van der Waals surface area (Å²) in [7, 11) is 0. The molecule has 0 aromatic heterocycles. The fourth-order valence-electron chi connectivity index (χ4n) is 7.24. The van der Waals surface area contributed by atoms with E-state index in [0.29, 0.717) is 10.8 Å². The molecule has 0 unspecified atom stereocenters. The van der Waals surface area contributed by atoms with Gasteiger partial charge in [0.05, 0.1) is 0 Å². The second kappa shape index (κ2) is 4.99. The summed E-state index contributed by atoms with van der Waals surface area (Å²) in [6, 6.07) is 0. The average molecular weight is 299 g/mol. The third-order valence-electron chi connectivity index (χ3n) is 8.65. The van der Waals surface area contributed by atoms with E-state index >= 15 is 0 Å². The highest BCUT2D eigenvalue weighted by molar-refractivity contribution is 5.36. The molecule has 2 saturated carbocycles. The quantitative estimate of drug-likeness (QED) is 0.516. The van der Waals surface area contributed by atoms with Crippen LogP contribution in [0.3, 0.4) is 0 Å². The molecule has 0 saturated heterocycles. The van der Waals surface area contributed by atoms with Gasteiger partial charge in [-0.2, -0.15) is 0 Å². The summed E-state index contributed by atoms with van der Waals surface area (Å²) < 4.78 is 0. The fourth-order valence-corrected chi connectivity index (χ4v) is 7.24. The second-order valence-electron chi connectivity index (χ2n) is 9.41. The van der Waals surface area contributed by atoms with Gasteiger partial charge in [-0.25, -0.2) is 0 Å². The Balaban J connectivity index is 1.69. The van der Waals surface area contributed by atoms with Crippen molar-refractivity contribution in [3.8, 4) is 0 Å². The Morgan fingerprint density at radius 3 is 2.68 bits per heavy atom. The number of hydrogen-bond donors (Lipinski definition) is 0. The summed E-state index contributed by atoms with van der Waals surface area (Å²) in [5.41, 5.74) is 4.47. The van der Waals surface area contributed by atoms with Crippen LogP contribution in [0.25, 0.3) is 0 Å². The van der Waals surface area contributed by atoms with Gasteiger partial charge in [-0.05, 0) is 91.9 Å². The molecule has 0 aliphatic heterocycles. The molecule has 4 aliphatic carbocycles. The van der Waals surface area contributed by atoms with E-state index in [9.17, 15) is 0 Å². The van der Waals surface area contributed by atoms with Crippen molar-refractivity contribution in [3.63, 3.8) is 0 Å². The number of fused-ring (bicyclic) bond motifs is 5. The zero-order valence-corrected chi connectivity index (χ0v) is 15.1. The van der Waals surface area contributed by atoms with Gasteiger partial charge in [0.15, 0.2) is 0 Å². The summed E-state index contributed by atoms with van der Waals surface area (Å²) in [6.45, 7) is 10.0. The van der Waals surface area contributed by atoms with Crippen LogP contribution in [0.4, 0.5) is 0 Å². The Kier molecular flexibility index (Phi) is 3.41. The highest BCUT2D eigenvalue weighted by Gasteiger charge is 2.57. The monoisotopic (exact) mass is 298 g/mol. The van der Waals surface area contributed by atoms with Gasteiger partial charge in [0, 0.05) is 0 Å². The lowest BCUT2D eigenvalue weighted by Gasteiger charge is -2.57. The van der Waals surface area contributed by atoms with Gasteiger partial charge >= 0.3 is 0 Å².